The minimum atomic E-state index is -3.71. The standard InChI is InChI=1S/C13H25O8P/c1-5-8-19-22(16,17-4)20-10-11(21-13(15)7-3)9-18-12(14)6-2/h11H,5-10H2,1-4H3. The van der Waals surface area contributed by atoms with E-state index in [-0.39, 0.29) is 32.7 Å². The Bertz CT molecular complexity index is 384. The van der Waals surface area contributed by atoms with Crippen LogP contribution in [0.1, 0.15) is 40.0 Å². The van der Waals surface area contributed by atoms with Gasteiger partial charge in [0.15, 0.2) is 6.10 Å². The van der Waals surface area contributed by atoms with Crippen molar-refractivity contribution in [1.82, 2.24) is 0 Å². The van der Waals surface area contributed by atoms with Gasteiger partial charge in [0, 0.05) is 20.0 Å². The fraction of sp³-hybridized carbons (Fsp3) is 0.846. The number of carbonyl (C=O) groups excluding carboxylic acids is 2. The zero-order valence-electron chi connectivity index (χ0n) is 13.5. The first-order valence-electron chi connectivity index (χ1n) is 7.20. The molecule has 0 aliphatic carbocycles. The lowest BCUT2D eigenvalue weighted by atomic mass is 10.4. The molecule has 0 aliphatic rings. The highest BCUT2D eigenvalue weighted by Crippen LogP contribution is 2.48. The number of esters is 2. The summed E-state index contributed by atoms with van der Waals surface area (Å²) in [6.07, 6.45) is 0.119. The van der Waals surface area contributed by atoms with Gasteiger partial charge in [0.05, 0.1) is 13.2 Å². The van der Waals surface area contributed by atoms with Crippen molar-refractivity contribution in [3.05, 3.63) is 0 Å². The molecule has 8 nitrogen and oxygen atoms in total. The van der Waals surface area contributed by atoms with E-state index in [0.717, 1.165) is 0 Å². The lowest BCUT2D eigenvalue weighted by molar-refractivity contribution is -0.160. The van der Waals surface area contributed by atoms with Crippen LogP contribution in [0.4, 0.5) is 0 Å². The van der Waals surface area contributed by atoms with Gasteiger partial charge in [0.25, 0.3) is 0 Å². The van der Waals surface area contributed by atoms with E-state index in [2.05, 4.69) is 0 Å². The van der Waals surface area contributed by atoms with E-state index in [4.69, 9.17) is 23.0 Å². The Morgan fingerprint density at radius 1 is 1.00 bits per heavy atom. The summed E-state index contributed by atoms with van der Waals surface area (Å²) >= 11 is 0. The first-order chi connectivity index (χ1) is 10.4. The number of carbonyl (C=O) groups is 2. The number of ether oxygens (including phenoxy) is 2. The first-order valence-corrected chi connectivity index (χ1v) is 8.66. The molecular formula is C13H25O8P. The van der Waals surface area contributed by atoms with Crippen LogP contribution in [0.5, 0.6) is 0 Å². The van der Waals surface area contributed by atoms with Gasteiger partial charge < -0.3 is 9.47 Å². The monoisotopic (exact) mass is 340 g/mol. The largest absolute Gasteiger partial charge is 0.474 e. The van der Waals surface area contributed by atoms with Crippen LogP contribution in [0.15, 0.2) is 0 Å². The molecule has 0 amide bonds. The molecule has 0 spiro atoms. The molecule has 22 heavy (non-hydrogen) atoms. The Hall–Kier alpha value is -0.950. The Balaban J connectivity index is 4.56. The van der Waals surface area contributed by atoms with Crippen LogP contribution in [0.2, 0.25) is 0 Å². The highest BCUT2D eigenvalue weighted by Gasteiger charge is 2.28. The maximum atomic E-state index is 12.1. The van der Waals surface area contributed by atoms with Crippen molar-refractivity contribution < 1.29 is 37.2 Å². The summed E-state index contributed by atoms with van der Waals surface area (Å²) in [7, 11) is -2.51. The molecule has 2 atom stereocenters. The predicted molar refractivity (Wildman–Crippen MR) is 78.2 cm³/mol. The van der Waals surface area contributed by atoms with Crippen molar-refractivity contribution >= 4 is 19.8 Å². The van der Waals surface area contributed by atoms with Gasteiger partial charge in [-0.1, -0.05) is 20.8 Å². The van der Waals surface area contributed by atoms with Crippen LogP contribution in [0, 0.1) is 0 Å². The van der Waals surface area contributed by atoms with Gasteiger partial charge in [-0.25, -0.2) is 4.57 Å². The molecule has 0 fully saturated rings. The number of phosphoric ester groups is 1. The van der Waals surface area contributed by atoms with E-state index in [1.165, 1.54) is 7.11 Å². The highest BCUT2D eigenvalue weighted by molar-refractivity contribution is 7.48. The van der Waals surface area contributed by atoms with Crippen LogP contribution in [-0.4, -0.2) is 45.0 Å². The van der Waals surface area contributed by atoms with E-state index in [9.17, 15) is 14.2 Å². The van der Waals surface area contributed by atoms with Gasteiger partial charge in [-0.15, -0.1) is 0 Å². The molecule has 0 aromatic carbocycles. The van der Waals surface area contributed by atoms with Gasteiger partial charge in [-0.3, -0.25) is 23.2 Å². The zero-order valence-corrected chi connectivity index (χ0v) is 14.4. The summed E-state index contributed by atoms with van der Waals surface area (Å²) in [6.45, 7) is 4.87. The van der Waals surface area contributed by atoms with Crippen molar-refractivity contribution in [3.63, 3.8) is 0 Å². The molecule has 0 heterocycles. The topological polar surface area (TPSA) is 97.4 Å². The van der Waals surface area contributed by atoms with Crippen molar-refractivity contribution in [2.75, 3.05) is 26.9 Å². The molecule has 130 valence electrons. The summed E-state index contributed by atoms with van der Waals surface area (Å²) in [5.41, 5.74) is 0. The summed E-state index contributed by atoms with van der Waals surface area (Å²) in [4.78, 5) is 22.5. The van der Waals surface area contributed by atoms with Gasteiger partial charge >= 0.3 is 19.8 Å². The number of rotatable bonds is 12. The van der Waals surface area contributed by atoms with E-state index >= 15 is 0 Å². The quantitative estimate of drug-likeness (QED) is 0.395. The summed E-state index contributed by atoms with van der Waals surface area (Å²) in [5, 5.41) is 0. The number of hydrogen-bond donors (Lipinski definition) is 0. The van der Waals surface area contributed by atoms with E-state index in [1.807, 2.05) is 6.92 Å². The molecule has 0 aromatic heterocycles. The molecule has 0 saturated carbocycles. The SMILES string of the molecule is CCCOP(=O)(OC)OCC(COC(=O)CC)OC(=O)CC. The van der Waals surface area contributed by atoms with Crippen LogP contribution in [0.25, 0.3) is 0 Å². The van der Waals surface area contributed by atoms with Crippen LogP contribution < -0.4 is 0 Å². The molecule has 0 N–H and O–H groups in total. The molecular weight excluding hydrogens is 315 g/mol. The van der Waals surface area contributed by atoms with Crippen molar-refractivity contribution in [2.24, 2.45) is 0 Å². The maximum absolute atomic E-state index is 12.1. The van der Waals surface area contributed by atoms with Gasteiger partial charge in [-0.2, -0.15) is 0 Å². The summed E-state index contributed by atoms with van der Waals surface area (Å²) < 4.78 is 36.9. The third kappa shape index (κ3) is 9.15. The van der Waals surface area contributed by atoms with Crippen LogP contribution >= 0.6 is 7.82 Å². The molecule has 0 saturated heterocycles. The Morgan fingerprint density at radius 2 is 1.64 bits per heavy atom. The van der Waals surface area contributed by atoms with Crippen LogP contribution in [0.3, 0.4) is 0 Å². The highest BCUT2D eigenvalue weighted by atomic mass is 31.2. The predicted octanol–water partition coefficient (Wildman–Crippen LogP) is 2.46. The summed E-state index contributed by atoms with van der Waals surface area (Å²) in [6, 6.07) is 0. The fourth-order valence-corrected chi connectivity index (χ4v) is 2.23. The first kappa shape index (κ1) is 21.0. The third-order valence-electron chi connectivity index (χ3n) is 2.40. The average molecular weight is 340 g/mol. The molecule has 0 radical (unpaired) electrons. The Labute approximate surface area is 131 Å². The molecule has 9 heteroatoms. The number of hydrogen-bond acceptors (Lipinski definition) is 8. The molecule has 0 aromatic rings. The third-order valence-corrected chi connectivity index (χ3v) is 3.81. The normalized spacial score (nSPS) is 14.9. The van der Waals surface area contributed by atoms with Crippen molar-refractivity contribution in [3.8, 4) is 0 Å². The van der Waals surface area contributed by atoms with Crippen molar-refractivity contribution in [2.45, 2.75) is 46.1 Å². The van der Waals surface area contributed by atoms with E-state index in [0.29, 0.717) is 6.42 Å². The van der Waals surface area contributed by atoms with Gasteiger partial charge in [-0.05, 0) is 6.42 Å². The van der Waals surface area contributed by atoms with Crippen LogP contribution in [-0.2, 0) is 37.2 Å². The minimum absolute atomic E-state index is 0.159. The second kappa shape index (κ2) is 11.6. The molecule has 2 unspecified atom stereocenters. The second-order valence-electron chi connectivity index (χ2n) is 4.26. The Morgan fingerprint density at radius 3 is 2.14 bits per heavy atom. The molecule has 0 rings (SSSR count). The number of phosphoric acid groups is 1. The zero-order chi connectivity index (χ0) is 17.0. The summed E-state index contributed by atoms with van der Waals surface area (Å²) in [5.74, 6) is -0.919. The molecule has 0 bridgehead atoms. The Kier molecular flexibility index (Phi) is 11.1. The smallest absolute Gasteiger partial charge is 0.462 e. The lowest BCUT2D eigenvalue weighted by Crippen LogP contribution is -2.29. The van der Waals surface area contributed by atoms with E-state index < -0.39 is 25.9 Å². The van der Waals surface area contributed by atoms with Gasteiger partial charge in [0.1, 0.15) is 6.61 Å². The van der Waals surface area contributed by atoms with Crippen molar-refractivity contribution in [1.29, 1.82) is 0 Å². The average Bonchev–Trinajstić information content (AvgIpc) is 2.54. The minimum Gasteiger partial charge on any atom is -0.462 e. The maximum Gasteiger partial charge on any atom is 0.474 e. The molecule has 0 aliphatic heterocycles. The second-order valence-corrected chi connectivity index (χ2v) is 6.04. The van der Waals surface area contributed by atoms with Gasteiger partial charge in [0.2, 0.25) is 0 Å². The lowest BCUT2D eigenvalue weighted by Gasteiger charge is -2.20. The van der Waals surface area contributed by atoms with E-state index in [1.54, 1.807) is 13.8 Å². The fourth-order valence-electron chi connectivity index (χ4n) is 1.19.